The zero-order chi connectivity index (χ0) is 11.3. The van der Waals surface area contributed by atoms with Crippen molar-refractivity contribution < 1.29 is 9.90 Å². The van der Waals surface area contributed by atoms with E-state index in [4.69, 9.17) is 5.11 Å². The fraction of sp³-hybridized carbons (Fsp3) is 0.556. The minimum absolute atomic E-state index is 0.273. The van der Waals surface area contributed by atoms with Gasteiger partial charge in [-0.25, -0.2) is 9.78 Å². The fourth-order valence-electron chi connectivity index (χ4n) is 1.06. The molecule has 1 heterocycles. The summed E-state index contributed by atoms with van der Waals surface area (Å²) in [7, 11) is 0. The third kappa shape index (κ3) is 4.09. The summed E-state index contributed by atoms with van der Waals surface area (Å²) in [5.41, 5.74) is 0. The Bertz CT molecular complexity index is 328. The maximum atomic E-state index is 10.6. The van der Waals surface area contributed by atoms with E-state index in [-0.39, 0.29) is 4.88 Å². The number of carboxylic acid groups (broad SMARTS) is 1. The molecule has 2 N–H and O–H groups in total. The number of nitrogens with one attached hydrogen (secondary N) is 1. The number of anilines is 1. The van der Waals surface area contributed by atoms with E-state index in [1.807, 2.05) is 0 Å². The van der Waals surface area contributed by atoms with Crippen LogP contribution in [0, 0.1) is 5.92 Å². The van der Waals surface area contributed by atoms with Gasteiger partial charge in [0.25, 0.3) is 0 Å². The van der Waals surface area contributed by atoms with Gasteiger partial charge in [-0.2, -0.15) is 11.8 Å². The van der Waals surface area contributed by atoms with Gasteiger partial charge in [0.05, 0.1) is 6.20 Å². The first-order valence-electron chi connectivity index (χ1n) is 4.55. The van der Waals surface area contributed by atoms with Crippen LogP contribution in [0.2, 0.25) is 0 Å². The van der Waals surface area contributed by atoms with Crippen LogP contribution in [-0.4, -0.2) is 34.6 Å². The van der Waals surface area contributed by atoms with E-state index in [1.54, 1.807) is 11.8 Å². The maximum Gasteiger partial charge on any atom is 0.347 e. The van der Waals surface area contributed by atoms with E-state index in [2.05, 4.69) is 23.5 Å². The number of thiazole rings is 1. The van der Waals surface area contributed by atoms with Crippen molar-refractivity contribution in [1.82, 2.24) is 4.98 Å². The molecule has 15 heavy (non-hydrogen) atoms. The number of carbonyl (C=O) groups is 1. The lowest BCUT2D eigenvalue weighted by atomic mass is 10.2. The molecule has 6 heteroatoms. The lowest BCUT2D eigenvalue weighted by molar-refractivity contribution is 0.0702. The number of thioether (sulfide) groups is 1. The smallest absolute Gasteiger partial charge is 0.347 e. The van der Waals surface area contributed by atoms with Gasteiger partial charge in [0.1, 0.15) is 4.88 Å². The lowest BCUT2D eigenvalue weighted by Crippen LogP contribution is -2.12. The Balaban J connectivity index is 2.40. The Morgan fingerprint density at radius 1 is 1.80 bits per heavy atom. The summed E-state index contributed by atoms with van der Waals surface area (Å²) in [6.45, 7) is 2.97. The van der Waals surface area contributed by atoms with Crippen molar-refractivity contribution in [1.29, 1.82) is 0 Å². The number of aromatic carboxylic acids is 1. The highest BCUT2D eigenvalue weighted by atomic mass is 32.2. The van der Waals surface area contributed by atoms with E-state index < -0.39 is 5.97 Å². The molecule has 0 saturated carbocycles. The molecule has 1 atom stereocenters. The van der Waals surface area contributed by atoms with E-state index in [0.29, 0.717) is 11.0 Å². The summed E-state index contributed by atoms with van der Waals surface area (Å²) >= 11 is 2.98. The van der Waals surface area contributed by atoms with Gasteiger partial charge in [0.15, 0.2) is 5.13 Å². The molecule has 84 valence electrons. The zero-order valence-corrected chi connectivity index (χ0v) is 10.3. The highest BCUT2D eigenvalue weighted by Gasteiger charge is 2.08. The van der Waals surface area contributed by atoms with Crippen LogP contribution < -0.4 is 5.32 Å². The van der Waals surface area contributed by atoms with Gasteiger partial charge in [0.2, 0.25) is 0 Å². The molecule has 0 aromatic carbocycles. The predicted molar refractivity (Wildman–Crippen MR) is 65.1 cm³/mol. The first kappa shape index (κ1) is 12.3. The second-order valence-electron chi connectivity index (χ2n) is 3.28. The largest absolute Gasteiger partial charge is 0.477 e. The number of hydrogen-bond donors (Lipinski definition) is 2. The van der Waals surface area contributed by atoms with E-state index in [1.165, 1.54) is 17.5 Å². The average molecular weight is 246 g/mol. The van der Waals surface area contributed by atoms with E-state index in [9.17, 15) is 4.79 Å². The Labute approximate surface area is 97.1 Å². The minimum Gasteiger partial charge on any atom is -0.477 e. The van der Waals surface area contributed by atoms with Gasteiger partial charge in [0, 0.05) is 6.54 Å². The molecule has 0 spiro atoms. The highest BCUT2D eigenvalue weighted by Crippen LogP contribution is 2.18. The number of nitrogens with zero attached hydrogens (tertiary/aromatic N) is 1. The fourth-order valence-corrected chi connectivity index (χ4v) is 2.41. The Hall–Kier alpha value is -0.750. The van der Waals surface area contributed by atoms with Crippen LogP contribution >= 0.6 is 23.1 Å². The van der Waals surface area contributed by atoms with Gasteiger partial charge in [-0.05, 0) is 17.9 Å². The summed E-state index contributed by atoms with van der Waals surface area (Å²) in [5, 5.41) is 12.5. The second kappa shape index (κ2) is 5.97. The van der Waals surface area contributed by atoms with Gasteiger partial charge in [-0.3, -0.25) is 0 Å². The van der Waals surface area contributed by atoms with Crippen LogP contribution in [0.1, 0.15) is 16.6 Å². The molecular weight excluding hydrogens is 232 g/mol. The van der Waals surface area contributed by atoms with Crippen molar-refractivity contribution >= 4 is 34.2 Å². The molecular formula is C9H14N2O2S2. The van der Waals surface area contributed by atoms with Gasteiger partial charge >= 0.3 is 5.97 Å². The van der Waals surface area contributed by atoms with E-state index >= 15 is 0 Å². The Kier molecular flexibility index (Phi) is 4.90. The summed E-state index contributed by atoms with van der Waals surface area (Å²) in [5.74, 6) is 0.722. The number of carboxylic acids is 1. The molecule has 0 amide bonds. The van der Waals surface area contributed by atoms with Crippen molar-refractivity contribution in [2.75, 3.05) is 23.9 Å². The van der Waals surface area contributed by atoms with Crippen LogP contribution in [-0.2, 0) is 0 Å². The molecule has 1 aromatic rings. The highest BCUT2D eigenvalue weighted by molar-refractivity contribution is 7.98. The summed E-state index contributed by atoms with van der Waals surface area (Å²) in [4.78, 5) is 14.9. The average Bonchev–Trinajstić information content (AvgIpc) is 2.63. The molecule has 0 radical (unpaired) electrons. The first-order valence-corrected chi connectivity index (χ1v) is 6.76. The van der Waals surface area contributed by atoms with Crippen LogP contribution in [0.5, 0.6) is 0 Å². The van der Waals surface area contributed by atoms with Crippen molar-refractivity contribution in [3.8, 4) is 0 Å². The van der Waals surface area contributed by atoms with Crippen molar-refractivity contribution in [2.24, 2.45) is 5.92 Å². The molecule has 1 aromatic heterocycles. The third-order valence-electron chi connectivity index (χ3n) is 1.77. The quantitative estimate of drug-likeness (QED) is 0.806. The SMILES string of the molecule is CSCC(C)CNc1ncc(C(=O)O)s1. The summed E-state index contributed by atoms with van der Waals surface area (Å²) < 4.78 is 0. The van der Waals surface area contributed by atoms with Crippen LogP contribution in [0.4, 0.5) is 5.13 Å². The molecule has 0 fully saturated rings. The molecule has 0 aliphatic rings. The van der Waals surface area contributed by atoms with Crippen LogP contribution in [0.25, 0.3) is 0 Å². The molecule has 1 unspecified atom stereocenters. The van der Waals surface area contributed by atoms with Crippen molar-refractivity contribution in [2.45, 2.75) is 6.92 Å². The normalized spacial score (nSPS) is 12.4. The standard InChI is InChI=1S/C9H14N2O2S2/c1-6(5-14-2)3-10-9-11-4-7(15-9)8(12)13/h4,6H,3,5H2,1-2H3,(H,10,11)(H,12,13). The molecule has 4 nitrogen and oxygen atoms in total. The van der Waals surface area contributed by atoms with Gasteiger partial charge in [-0.1, -0.05) is 18.3 Å². The van der Waals surface area contributed by atoms with Gasteiger partial charge in [-0.15, -0.1) is 0 Å². The van der Waals surface area contributed by atoms with Crippen molar-refractivity contribution in [3.63, 3.8) is 0 Å². The van der Waals surface area contributed by atoms with Crippen LogP contribution in [0.15, 0.2) is 6.20 Å². The first-order chi connectivity index (χ1) is 7.13. The van der Waals surface area contributed by atoms with Crippen LogP contribution in [0.3, 0.4) is 0 Å². The summed E-state index contributed by atoms with van der Waals surface area (Å²) in [6.07, 6.45) is 3.46. The molecule has 0 aliphatic carbocycles. The monoisotopic (exact) mass is 246 g/mol. The number of rotatable bonds is 6. The molecule has 0 saturated heterocycles. The minimum atomic E-state index is -0.919. The molecule has 0 aliphatic heterocycles. The topological polar surface area (TPSA) is 62.2 Å². The molecule has 1 rings (SSSR count). The van der Waals surface area contributed by atoms with E-state index in [0.717, 1.165) is 12.3 Å². The molecule has 0 bridgehead atoms. The summed E-state index contributed by atoms with van der Waals surface area (Å²) in [6, 6.07) is 0. The predicted octanol–water partition coefficient (Wildman–Crippen LogP) is 2.25. The second-order valence-corrected chi connectivity index (χ2v) is 5.22. The Morgan fingerprint density at radius 3 is 3.07 bits per heavy atom. The van der Waals surface area contributed by atoms with Crippen molar-refractivity contribution in [3.05, 3.63) is 11.1 Å². The number of aromatic nitrogens is 1. The maximum absolute atomic E-state index is 10.6. The third-order valence-corrected chi connectivity index (χ3v) is 3.61. The Morgan fingerprint density at radius 2 is 2.53 bits per heavy atom. The van der Waals surface area contributed by atoms with Gasteiger partial charge < -0.3 is 10.4 Å². The lowest BCUT2D eigenvalue weighted by Gasteiger charge is -2.09. The zero-order valence-electron chi connectivity index (χ0n) is 8.69. The number of hydrogen-bond acceptors (Lipinski definition) is 5.